The van der Waals surface area contributed by atoms with E-state index in [0.717, 1.165) is 134 Å². The molecule has 107 heavy (non-hydrogen) atoms. The third-order valence-corrected chi connectivity index (χ3v) is 29.4. The quantitative estimate of drug-likeness (QED) is 0.0432. The number of hydrogen-bond acceptors (Lipinski definition) is 18. The van der Waals surface area contributed by atoms with Gasteiger partial charge in [-0.05, 0) is 157 Å². The smallest absolute Gasteiger partial charge is 0.250 e. The van der Waals surface area contributed by atoms with Crippen molar-refractivity contribution in [2.75, 3.05) is 22.5 Å². The van der Waals surface area contributed by atoms with Crippen molar-refractivity contribution in [2.45, 2.75) is 172 Å². The minimum atomic E-state index is -5.04. The van der Waals surface area contributed by atoms with E-state index in [1.54, 1.807) is 12.1 Å². The molecule has 0 bridgehead atoms. The van der Waals surface area contributed by atoms with Crippen LogP contribution in [0.25, 0.3) is 10.8 Å². The number of hydrogen-bond donors (Lipinski definition) is 4. The molecule has 0 radical (unpaired) electrons. The standard InChI is InChI=1S/C35H38Cl2F2N4O7S3.C20H17ClFNO3S.C18H22ClFN2O4S/c1-4-8-24-17-30(50-43-24)42-33(45)35(3,53(48,49)29-14-12-23(37)16-26(29)39)20-40-32(44)34(2,52(46,47)28-13-11-22(36)15-25(28)38)18-31-41-27(19-51-31)21-9-6-5-7-10-21;1-20(2,27(25,26)18-11-10-14(21)12-16(18)22)19(24)23-17-9-5-7-13-6-3-4-8-15(13)17;1-17(2,3)10-12-9-15(26-22-12)21-16(23)18(4,5)27(24,25)14-7-6-11(19)8-13(14)20/h11-17,19,21H,4-10,18,20H2,1-3H3,(H,40,44)(H,42,45);3-12H,1-2H3,(H,23,24);6-9H,10H2,1-5H3,(H,21,23). The van der Waals surface area contributed by atoms with Crippen molar-refractivity contribution in [3.8, 4) is 0 Å². The molecule has 0 spiro atoms. The Bertz CT molecular complexity index is 5320. The number of carbonyl (C=O) groups excluding carboxylic acids is 4. The number of amides is 4. The van der Waals surface area contributed by atoms with Gasteiger partial charge in [0.15, 0.2) is 48.8 Å². The van der Waals surface area contributed by atoms with Gasteiger partial charge in [-0.25, -0.2) is 56.2 Å². The lowest BCUT2D eigenvalue weighted by Crippen LogP contribution is -2.59. The van der Waals surface area contributed by atoms with Crippen LogP contribution in [0.1, 0.15) is 136 Å². The zero-order valence-corrected chi connectivity index (χ0v) is 66.6. The zero-order chi connectivity index (χ0) is 79.2. The van der Waals surface area contributed by atoms with Crippen molar-refractivity contribution in [1.29, 1.82) is 0 Å². The highest BCUT2D eigenvalue weighted by Crippen LogP contribution is 2.40. The molecular weight excluding hydrogens is 1580 g/mol. The van der Waals surface area contributed by atoms with Crippen LogP contribution in [0, 0.1) is 28.7 Å². The maximum atomic E-state index is 15.3. The van der Waals surface area contributed by atoms with Crippen molar-refractivity contribution in [2.24, 2.45) is 5.41 Å². The molecule has 3 heterocycles. The monoisotopic (exact) mass is 1650 g/mol. The van der Waals surface area contributed by atoms with Crippen LogP contribution in [0.2, 0.25) is 20.1 Å². The number of halogens is 8. The van der Waals surface area contributed by atoms with E-state index < -0.39 is 138 Å². The average molecular weight is 1650 g/mol. The van der Waals surface area contributed by atoms with Gasteiger partial charge in [-0.1, -0.05) is 146 Å². The molecule has 0 aliphatic heterocycles. The molecule has 4 N–H and O–H groups in total. The van der Waals surface area contributed by atoms with E-state index >= 15 is 8.78 Å². The molecule has 2 unspecified atom stereocenters. The summed E-state index contributed by atoms with van der Waals surface area (Å²) in [4.78, 5) is 55.5. The van der Waals surface area contributed by atoms with Gasteiger partial charge in [-0.3, -0.25) is 29.8 Å². The molecule has 1 saturated carbocycles. The van der Waals surface area contributed by atoms with Crippen LogP contribution in [0.5, 0.6) is 0 Å². The SMILES string of the molecule is CC(C)(C(=O)Nc1cccc2ccccc12)S(=O)(=O)c1ccc(Cl)cc1F.CC(C)(C)Cc1cc(NC(=O)C(C)(C)S(=O)(=O)c2ccc(Cl)cc2F)on1.CCCc1cc(NC(=O)C(C)(CNC(=O)C(C)(Cc2nc(C3CCCCC3)cs2)S(=O)(=O)c2ccc(Cl)cc2F)S(=O)(=O)c2ccc(Cl)cc2F)on1. The maximum Gasteiger partial charge on any atom is 0.250 e. The third-order valence-electron chi connectivity index (χ3n) is 17.8. The lowest BCUT2D eigenvalue weighted by Gasteiger charge is -2.32. The summed E-state index contributed by atoms with van der Waals surface area (Å²) in [5.41, 5.74) is 2.30. The van der Waals surface area contributed by atoms with E-state index in [9.17, 15) is 61.6 Å². The molecule has 34 heteroatoms. The van der Waals surface area contributed by atoms with E-state index in [4.69, 9.17) is 55.4 Å². The zero-order valence-electron chi connectivity index (χ0n) is 59.5. The fraction of sp³-hybridized carbons (Fsp3) is 0.356. The Labute approximate surface area is 641 Å². The van der Waals surface area contributed by atoms with Gasteiger partial charge in [0.2, 0.25) is 35.4 Å². The number of benzene rings is 6. The van der Waals surface area contributed by atoms with Gasteiger partial charge in [0, 0.05) is 67.6 Å². The number of nitrogens with one attached hydrogen (secondary N) is 4. The van der Waals surface area contributed by atoms with Gasteiger partial charge in [-0.15, -0.1) is 11.3 Å². The van der Waals surface area contributed by atoms with Crippen molar-refractivity contribution in [3.05, 3.63) is 198 Å². The summed E-state index contributed by atoms with van der Waals surface area (Å²) >= 11 is 24.3. The molecule has 21 nitrogen and oxygen atoms in total. The van der Waals surface area contributed by atoms with Crippen LogP contribution in [-0.4, -0.2) is 98.1 Å². The Morgan fingerprint density at radius 3 is 1.41 bits per heavy atom. The van der Waals surface area contributed by atoms with Crippen LogP contribution in [0.4, 0.5) is 35.0 Å². The molecular formula is C73H77Cl4F4N7O14S5. The summed E-state index contributed by atoms with van der Waals surface area (Å²) in [6.45, 7) is 13.8. The molecule has 6 aromatic carbocycles. The number of thiazole rings is 1. The minimum absolute atomic E-state index is 0.0269. The first-order chi connectivity index (χ1) is 49.8. The normalized spacial score (nSPS) is 14.4. The van der Waals surface area contributed by atoms with Gasteiger partial charge in [0.1, 0.15) is 52.3 Å². The van der Waals surface area contributed by atoms with Crippen molar-refractivity contribution >= 4 is 149 Å². The Hall–Kier alpha value is -7.81. The predicted octanol–water partition coefficient (Wildman–Crippen LogP) is 16.5. The summed E-state index contributed by atoms with van der Waals surface area (Å²) in [5.74, 6) is -8.65. The second-order valence-corrected chi connectivity index (χ2v) is 40.2. The first-order valence-corrected chi connectivity index (χ1v) is 41.5. The number of fused-ring (bicyclic) bond motifs is 1. The summed E-state index contributed by atoms with van der Waals surface area (Å²) in [7, 11) is -18.6. The average Bonchev–Trinajstić information content (AvgIpc) is 1.43. The number of nitrogens with zero attached hydrogens (tertiary/aromatic N) is 3. The lowest BCUT2D eigenvalue weighted by atomic mass is 9.87. The molecule has 3 aromatic heterocycles. The second kappa shape index (κ2) is 33.6. The molecule has 1 aliphatic carbocycles. The highest BCUT2D eigenvalue weighted by Gasteiger charge is 2.54. The van der Waals surface area contributed by atoms with Gasteiger partial charge in [0.25, 0.3) is 0 Å². The summed E-state index contributed by atoms with van der Waals surface area (Å²) < 4.78 is 169. The lowest BCUT2D eigenvalue weighted by molar-refractivity contribution is -0.124. The predicted molar refractivity (Wildman–Crippen MR) is 404 cm³/mol. The van der Waals surface area contributed by atoms with Crippen molar-refractivity contribution in [3.63, 3.8) is 0 Å². The highest BCUT2D eigenvalue weighted by atomic mass is 35.5. The van der Waals surface area contributed by atoms with Gasteiger partial charge in [0.05, 0.1) is 22.1 Å². The Morgan fingerprint density at radius 1 is 0.505 bits per heavy atom. The molecule has 574 valence electrons. The summed E-state index contributed by atoms with van der Waals surface area (Å²) in [6, 6.07) is 27.7. The van der Waals surface area contributed by atoms with E-state index in [0.29, 0.717) is 36.3 Å². The molecule has 4 amide bonds. The number of carbonyl (C=O) groups is 4. The van der Waals surface area contributed by atoms with Crippen LogP contribution < -0.4 is 21.3 Å². The maximum absolute atomic E-state index is 15.3. The molecule has 1 aliphatic rings. The van der Waals surface area contributed by atoms with E-state index in [1.165, 1.54) is 52.0 Å². The summed E-state index contributed by atoms with van der Waals surface area (Å²) in [6.07, 6.45) is 6.23. The first kappa shape index (κ1) is 84.8. The number of sulfone groups is 4. The highest BCUT2D eigenvalue weighted by molar-refractivity contribution is 7.94. The van der Waals surface area contributed by atoms with E-state index in [1.807, 2.05) is 63.4 Å². The molecule has 0 saturated heterocycles. The molecule has 10 rings (SSSR count). The van der Waals surface area contributed by atoms with Crippen LogP contribution in [0.3, 0.4) is 0 Å². The molecule has 1 fully saturated rings. The third kappa shape index (κ3) is 18.9. The van der Waals surface area contributed by atoms with Gasteiger partial charge < -0.3 is 19.7 Å². The molecule has 9 aromatic rings. The van der Waals surface area contributed by atoms with Crippen LogP contribution in [0.15, 0.2) is 161 Å². The van der Waals surface area contributed by atoms with E-state index in [-0.39, 0.29) is 48.2 Å². The number of aryl methyl sites for hydroxylation is 1. The Kier molecular flexibility index (Phi) is 26.6. The molecule has 2 atom stereocenters. The Balaban J connectivity index is 0.000000224. The minimum Gasteiger partial charge on any atom is -0.353 e. The largest absolute Gasteiger partial charge is 0.353 e. The second-order valence-electron chi connectivity index (χ2n) is 27.9. The number of aromatic nitrogens is 3. The number of rotatable bonds is 23. The van der Waals surface area contributed by atoms with Gasteiger partial charge >= 0.3 is 0 Å². The van der Waals surface area contributed by atoms with Crippen LogP contribution in [-0.2, 0) is 77.8 Å². The van der Waals surface area contributed by atoms with Crippen molar-refractivity contribution in [1.82, 2.24) is 20.6 Å². The first-order valence-electron chi connectivity index (χ1n) is 33.2. The topological polar surface area (TPSA) is 318 Å². The Morgan fingerprint density at radius 2 is 0.935 bits per heavy atom. The van der Waals surface area contributed by atoms with Crippen LogP contribution >= 0.6 is 57.7 Å². The number of anilines is 3. The summed E-state index contributed by atoms with van der Waals surface area (Å²) in [5, 5.41) is 21.1. The fourth-order valence-electron chi connectivity index (χ4n) is 11.2. The van der Waals surface area contributed by atoms with Crippen molar-refractivity contribution < 1.29 is 79.5 Å². The van der Waals surface area contributed by atoms with Gasteiger partial charge in [-0.2, -0.15) is 0 Å². The fourth-order valence-corrected chi connectivity index (χ4v) is 19.1. The van der Waals surface area contributed by atoms with E-state index in [2.05, 4.69) is 36.6 Å².